The summed E-state index contributed by atoms with van der Waals surface area (Å²) in [5.74, 6) is 0.885. The predicted molar refractivity (Wildman–Crippen MR) is 81.8 cm³/mol. The van der Waals surface area contributed by atoms with Crippen molar-refractivity contribution in [1.29, 1.82) is 0 Å². The highest BCUT2D eigenvalue weighted by Crippen LogP contribution is 2.12. The van der Waals surface area contributed by atoms with Gasteiger partial charge in [-0.05, 0) is 18.8 Å². The standard InChI is InChI=1S/C17H35O/c1-4-15-18-16-13-11-9-7-5-6-8-10-12-14-17(2)3/h17H,1,4-16H2,2-3H3. The summed E-state index contributed by atoms with van der Waals surface area (Å²) >= 11 is 0. The lowest BCUT2D eigenvalue weighted by Gasteiger charge is -2.05. The smallest absolute Gasteiger partial charge is 0.0466 e. The molecular formula is C17H35O. The number of unbranched alkanes of at least 4 members (excludes halogenated alkanes) is 8. The van der Waals surface area contributed by atoms with E-state index >= 15 is 0 Å². The third-order valence-corrected chi connectivity index (χ3v) is 3.36. The highest BCUT2D eigenvalue weighted by molar-refractivity contribution is 4.50. The summed E-state index contributed by atoms with van der Waals surface area (Å²) in [6, 6.07) is 0. The van der Waals surface area contributed by atoms with Gasteiger partial charge in [0.15, 0.2) is 0 Å². The lowest BCUT2D eigenvalue weighted by atomic mass is 10.0. The van der Waals surface area contributed by atoms with Gasteiger partial charge >= 0.3 is 0 Å². The minimum Gasteiger partial charge on any atom is -0.381 e. The van der Waals surface area contributed by atoms with E-state index in [1.807, 2.05) is 0 Å². The van der Waals surface area contributed by atoms with Crippen LogP contribution >= 0.6 is 0 Å². The van der Waals surface area contributed by atoms with Gasteiger partial charge in [0.25, 0.3) is 0 Å². The Morgan fingerprint density at radius 1 is 0.722 bits per heavy atom. The second-order valence-electron chi connectivity index (χ2n) is 5.83. The van der Waals surface area contributed by atoms with Crippen molar-refractivity contribution >= 4 is 0 Å². The normalized spacial score (nSPS) is 11.3. The van der Waals surface area contributed by atoms with Crippen molar-refractivity contribution in [3.05, 3.63) is 6.92 Å². The fourth-order valence-corrected chi connectivity index (χ4v) is 2.20. The summed E-state index contributed by atoms with van der Waals surface area (Å²) in [6.45, 7) is 10.2. The van der Waals surface area contributed by atoms with Crippen LogP contribution in [0, 0.1) is 12.8 Å². The fourth-order valence-electron chi connectivity index (χ4n) is 2.20. The molecule has 0 aliphatic carbocycles. The lowest BCUT2D eigenvalue weighted by molar-refractivity contribution is 0.134. The number of rotatable bonds is 14. The van der Waals surface area contributed by atoms with Crippen LogP contribution in [0.2, 0.25) is 0 Å². The zero-order chi connectivity index (χ0) is 13.5. The van der Waals surface area contributed by atoms with E-state index in [-0.39, 0.29) is 0 Å². The quantitative estimate of drug-likeness (QED) is 0.357. The number of ether oxygens (including phenoxy) is 1. The van der Waals surface area contributed by atoms with Crippen molar-refractivity contribution in [2.45, 2.75) is 84.5 Å². The van der Waals surface area contributed by atoms with Gasteiger partial charge in [-0.15, -0.1) is 0 Å². The monoisotopic (exact) mass is 255 g/mol. The molecule has 0 unspecified atom stereocenters. The largest absolute Gasteiger partial charge is 0.381 e. The topological polar surface area (TPSA) is 9.23 Å². The van der Waals surface area contributed by atoms with Gasteiger partial charge < -0.3 is 4.74 Å². The summed E-state index contributed by atoms with van der Waals surface area (Å²) in [5.41, 5.74) is 0. The summed E-state index contributed by atoms with van der Waals surface area (Å²) in [6.07, 6.45) is 14.9. The van der Waals surface area contributed by atoms with E-state index < -0.39 is 0 Å². The molecule has 0 rings (SSSR count). The number of hydrogen-bond acceptors (Lipinski definition) is 1. The molecule has 0 aliphatic rings. The van der Waals surface area contributed by atoms with Gasteiger partial charge in [-0.2, -0.15) is 0 Å². The summed E-state index contributed by atoms with van der Waals surface area (Å²) in [5, 5.41) is 0. The van der Waals surface area contributed by atoms with Gasteiger partial charge in [-0.1, -0.05) is 78.6 Å². The van der Waals surface area contributed by atoms with Crippen LogP contribution in [0.4, 0.5) is 0 Å². The Morgan fingerprint density at radius 2 is 1.22 bits per heavy atom. The zero-order valence-electron chi connectivity index (χ0n) is 12.9. The van der Waals surface area contributed by atoms with Crippen LogP contribution in [0.1, 0.15) is 84.5 Å². The maximum Gasteiger partial charge on any atom is 0.0466 e. The van der Waals surface area contributed by atoms with Gasteiger partial charge in [0.05, 0.1) is 0 Å². The van der Waals surface area contributed by atoms with Crippen molar-refractivity contribution in [2.24, 2.45) is 5.92 Å². The molecule has 1 radical (unpaired) electrons. The molecule has 0 saturated heterocycles. The summed E-state index contributed by atoms with van der Waals surface area (Å²) in [4.78, 5) is 0. The second kappa shape index (κ2) is 15.0. The third kappa shape index (κ3) is 16.0. The van der Waals surface area contributed by atoms with Crippen LogP contribution in [0.3, 0.4) is 0 Å². The van der Waals surface area contributed by atoms with Crippen molar-refractivity contribution in [3.8, 4) is 0 Å². The SMILES string of the molecule is [CH2]CCOCCCCCCCCCCCC(C)C. The molecule has 0 amide bonds. The Balaban J connectivity index is 2.90. The van der Waals surface area contributed by atoms with E-state index in [1.54, 1.807) is 0 Å². The molecule has 0 atom stereocenters. The van der Waals surface area contributed by atoms with Crippen molar-refractivity contribution in [2.75, 3.05) is 13.2 Å². The Morgan fingerprint density at radius 3 is 1.72 bits per heavy atom. The van der Waals surface area contributed by atoms with E-state index in [0.29, 0.717) is 0 Å². The molecule has 0 aromatic heterocycles. The van der Waals surface area contributed by atoms with E-state index in [2.05, 4.69) is 20.8 Å². The summed E-state index contributed by atoms with van der Waals surface area (Å²) in [7, 11) is 0. The fraction of sp³-hybridized carbons (Fsp3) is 0.941. The molecule has 1 nitrogen and oxygen atoms in total. The lowest BCUT2D eigenvalue weighted by Crippen LogP contribution is -1.95. The Bertz CT molecular complexity index is 143. The molecule has 18 heavy (non-hydrogen) atoms. The average Bonchev–Trinajstić information content (AvgIpc) is 2.34. The van der Waals surface area contributed by atoms with E-state index in [0.717, 1.165) is 25.6 Å². The predicted octanol–water partition coefficient (Wildman–Crippen LogP) is 5.78. The first-order valence-corrected chi connectivity index (χ1v) is 8.14. The van der Waals surface area contributed by atoms with E-state index in [9.17, 15) is 0 Å². The van der Waals surface area contributed by atoms with Gasteiger partial charge in [0.2, 0.25) is 0 Å². The zero-order valence-corrected chi connectivity index (χ0v) is 12.9. The van der Waals surface area contributed by atoms with Crippen LogP contribution in [-0.4, -0.2) is 13.2 Å². The molecule has 0 heterocycles. The maximum atomic E-state index is 5.41. The molecule has 0 N–H and O–H groups in total. The molecule has 1 heteroatoms. The van der Waals surface area contributed by atoms with Crippen molar-refractivity contribution in [3.63, 3.8) is 0 Å². The minimum absolute atomic E-state index is 0.830. The van der Waals surface area contributed by atoms with Crippen LogP contribution in [0.15, 0.2) is 0 Å². The third-order valence-electron chi connectivity index (χ3n) is 3.36. The van der Waals surface area contributed by atoms with Crippen LogP contribution in [0.5, 0.6) is 0 Å². The van der Waals surface area contributed by atoms with E-state index in [1.165, 1.54) is 64.2 Å². The summed E-state index contributed by atoms with van der Waals surface area (Å²) < 4.78 is 5.41. The molecule has 0 fully saturated rings. The van der Waals surface area contributed by atoms with Gasteiger partial charge in [-0.25, -0.2) is 0 Å². The Kier molecular flexibility index (Phi) is 15.0. The maximum absolute atomic E-state index is 5.41. The van der Waals surface area contributed by atoms with Gasteiger partial charge in [0.1, 0.15) is 0 Å². The van der Waals surface area contributed by atoms with Crippen LogP contribution in [0.25, 0.3) is 0 Å². The molecule has 0 spiro atoms. The molecule has 0 aromatic rings. The molecule has 0 bridgehead atoms. The molecule has 109 valence electrons. The molecule has 0 saturated carbocycles. The average molecular weight is 255 g/mol. The highest BCUT2D eigenvalue weighted by Gasteiger charge is 1.95. The van der Waals surface area contributed by atoms with E-state index in [4.69, 9.17) is 4.74 Å². The first-order valence-electron chi connectivity index (χ1n) is 8.14. The van der Waals surface area contributed by atoms with Crippen LogP contribution in [-0.2, 0) is 4.74 Å². The van der Waals surface area contributed by atoms with Gasteiger partial charge in [-0.3, -0.25) is 0 Å². The Labute approximate surface area is 116 Å². The highest BCUT2D eigenvalue weighted by atomic mass is 16.5. The molecule has 0 aromatic carbocycles. The van der Waals surface area contributed by atoms with Crippen molar-refractivity contribution in [1.82, 2.24) is 0 Å². The molecular weight excluding hydrogens is 220 g/mol. The number of hydrogen-bond donors (Lipinski definition) is 0. The van der Waals surface area contributed by atoms with Crippen LogP contribution < -0.4 is 0 Å². The first-order chi connectivity index (χ1) is 8.77. The first kappa shape index (κ1) is 18.0. The second-order valence-corrected chi connectivity index (χ2v) is 5.83. The van der Waals surface area contributed by atoms with Crippen molar-refractivity contribution < 1.29 is 4.74 Å². The molecule has 0 aliphatic heterocycles. The minimum atomic E-state index is 0.830. The Hall–Kier alpha value is -0.0400. The van der Waals surface area contributed by atoms with Gasteiger partial charge in [0, 0.05) is 13.2 Å².